The molecule has 3 heteroatoms. The van der Waals surface area contributed by atoms with Crippen LogP contribution in [0.4, 0.5) is 0 Å². The van der Waals surface area contributed by atoms with Crippen LogP contribution in [0.2, 0.25) is 0 Å². The molecule has 98 valence electrons. The summed E-state index contributed by atoms with van der Waals surface area (Å²) in [5.41, 5.74) is 3.56. The van der Waals surface area contributed by atoms with Gasteiger partial charge in [-0.2, -0.15) is 0 Å². The monoisotopic (exact) mass is 280 g/mol. The fraction of sp³-hybridized carbons (Fsp3) is 0. The maximum atomic E-state index is 11.1. The minimum atomic E-state index is -0.446. The van der Waals surface area contributed by atoms with Crippen molar-refractivity contribution in [1.82, 2.24) is 0 Å². The molecule has 20 heavy (non-hydrogen) atoms. The molecule has 2 aliphatic rings. The second-order valence-electron chi connectivity index (χ2n) is 4.29. The molecule has 3 rings (SSSR count). The Morgan fingerprint density at radius 3 is 2.55 bits per heavy atom. The largest absolute Gasteiger partial charge is 0.423 e. The highest BCUT2D eigenvalue weighted by Crippen LogP contribution is 2.38. The zero-order chi connectivity index (χ0) is 13.9. The van der Waals surface area contributed by atoms with Crippen molar-refractivity contribution in [2.75, 3.05) is 0 Å². The SMILES string of the molecule is C=CC(=O)Oc1ccc(-c2ccc3cccsc2-3)cc1. The lowest BCUT2D eigenvalue weighted by atomic mass is 10.1. The van der Waals surface area contributed by atoms with Gasteiger partial charge in [-0.15, -0.1) is 11.3 Å². The first kappa shape index (κ1) is 12.6. The molecule has 1 aromatic carbocycles. The highest BCUT2D eigenvalue weighted by molar-refractivity contribution is 7.13. The second kappa shape index (κ2) is 5.31. The molecule has 1 aliphatic heterocycles. The number of rotatable bonds is 3. The Balaban J connectivity index is 1.92. The van der Waals surface area contributed by atoms with Crippen LogP contribution in [0.1, 0.15) is 0 Å². The Hall–Kier alpha value is -2.39. The zero-order valence-corrected chi connectivity index (χ0v) is 11.5. The van der Waals surface area contributed by atoms with Gasteiger partial charge in [0, 0.05) is 11.0 Å². The number of fused-ring (bicyclic) bond motifs is 1. The lowest BCUT2D eigenvalue weighted by Gasteiger charge is -2.05. The predicted octanol–water partition coefficient (Wildman–Crippen LogP) is 4.61. The van der Waals surface area contributed by atoms with Gasteiger partial charge in [-0.25, -0.2) is 4.79 Å². The van der Waals surface area contributed by atoms with E-state index in [0.29, 0.717) is 5.75 Å². The summed E-state index contributed by atoms with van der Waals surface area (Å²) in [5.74, 6) is 0.0805. The fourth-order valence-corrected chi connectivity index (χ4v) is 2.96. The first-order chi connectivity index (χ1) is 9.78. The topological polar surface area (TPSA) is 26.3 Å². The summed E-state index contributed by atoms with van der Waals surface area (Å²) in [5, 5.41) is 2.08. The molecule has 1 aliphatic carbocycles. The standard InChI is InChI=1S/C17H12O2S/c1-2-16(18)19-14-8-5-12(6-9-14)15-10-7-13-4-3-11-20-17(13)15/h2-11H,1H2. The van der Waals surface area contributed by atoms with E-state index in [1.807, 2.05) is 12.1 Å². The van der Waals surface area contributed by atoms with Crippen molar-refractivity contribution in [1.29, 1.82) is 0 Å². The minimum absolute atomic E-state index is 0.446. The summed E-state index contributed by atoms with van der Waals surface area (Å²) in [6.07, 6.45) is 1.15. The van der Waals surface area contributed by atoms with E-state index in [4.69, 9.17) is 4.74 Å². The van der Waals surface area contributed by atoms with Crippen LogP contribution in [0, 0.1) is 0 Å². The van der Waals surface area contributed by atoms with Crippen LogP contribution < -0.4 is 4.74 Å². The number of benzene rings is 1. The van der Waals surface area contributed by atoms with E-state index in [-0.39, 0.29) is 0 Å². The number of esters is 1. The Morgan fingerprint density at radius 2 is 1.80 bits per heavy atom. The average molecular weight is 280 g/mol. The minimum Gasteiger partial charge on any atom is -0.423 e. The van der Waals surface area contributed by atoms with Crippen LogP contribution >= 0.6 is 11.3 Å². The van der Waals surface area contributed by atoms with Crippen molar-refractivity contribution in [2.45, 2.75) is 0 Å². The Labute approximate surface area is 121 Å². The van der Waals surface area contributed by atoms with Crippen molar-refractivity contribution in [2.24, 2.45) is 0 Å². The number of carbonyl (C=O) groups is 1. The van der Waals surface area contributed by atoms with E-state index in [1.54, 1.807) is 23.5 Å². The molecule has 0 radical (unpaired) electrons. The first-order valence-corrected chi connectivity index (χ1v) is 7.07. The van der Waals surface area contributed by atoms with Gasteiger partial charge in [0.05, 0.1) is 0 Å². The van der Waals surface area contributed by atoms with Gasteiger partial charge in [0.1, 0.15) is 5.75 Å². The normalized spacial score (nSPS) is 10.4. The quantitative estimate of drug-likeness (QED) is 0.398. The predicted molar refractivity (Wildman–Crippen MR) is 82.2 cm³/mol. The summed E-state index contributed by atoms with van der Waals surface area (Å²) in [4.78, 5) is 12.4. The summed E-state index contributed by atoms with van der Waals surface area (Å²) in [6.45, 7) is 3.38. The maximum absolute atomic E-state index is 11.1. The molecule has 0 saturated carbocycles. The molecule has 2 nitrogen and oxygen atoms in total. The number of hydrogen-bond donors (Lipinski definition) is 0. The van der Waals surface area contributed by atoms with Crippen LogP contribution in [-0.4, -0.2) is 5.97 Å². The molecule has 0 fully saturated rings. The molecule has 1 heterocycles. The summed E-state index contributed by atoms with van der Waals surface area (Å²) in [7, 11) is 0. The highest BCUT2D eigenvalue weighted by atomic mass is 32.1. The summed E-state index contributed by atoms with van der Waals surface area (Å²) < 4.78 is 5.07. The van der Waals surface area contributed by atoms with Gasteiger partial charge in [0.15, 0.2) is 0 Å². The fourth-order valence-electron chi connectivity index (χ4n) is 2.08. The molecule has 0 saturated heterocycles. The third kappa shape index (κ3) is 2.36. The summed E-state index contributed by atoms with van der Waals surface area (Å²) in [6, 6.07) is 15.9. The Bertz CT molecular complexity index is 725. The number of carbonyl (C=O) groups excluding carboxylic acids is 1. The molecule has 0 bridgehead atoms. The third-order valence-corrected chi connectivity index (χ3v) is 4.01. The van der Waals surface area contributed by atoms with Gasteiger partial charge >= 0.3 is 5.97 Å². The number of hydrogen-bond acceptors (Lipinski definition) is 3. The zero-order valence-electron chi connectivity index (χ0n) is 10.7. The van der Waals surface area contributed by atoms with Gasteiger partial charge in [0.2, 0.25) is 0 Å². The van der Waals surface area contributed by atoms with Gasteiger partial charge in [0.25, 0.3) is 0 Å². The van der Waals surface area contributed by atoms with Crippen molar-refractivity contribution in [3.05, 3.63) is 66.6 Å². The van der Waals surface area contributed by atoms with E-state index >= 15 is 0 Å². The van der Waals surface area contributed by atoms with Crippen molar-refractivity contribution in [3.63, 3.8) is 0 Å². The molecular formula is C17H12O2S. The van der Waals surface area contributed by atoms with Crippen LogP contribution in [-0.2, 0) is 4.79 Å². The lowest BCUT2D eigenvalue weighted by molar-refractivity contribution is -0.128. The highest BCUT2D eigenvalue weighted by Gasteiger charge is 2.11. The molecule has 0 aromatic heterocycles. The second-order valence-corrected chi connectivity index (χ2v) is 5.21. The number of ether oxygens (including phenoxy) is 1. The third-order valence-electron chi connectivity index (χ3n) is 3.03. The van der Waals surface area contributed by atoms with Crippen molar-refractivity contribution >= 4 is 17.3 Å². The molecule has 1 aromatic rings. The van der Waals surface area contributed by atoms with E-state index in [2.05, 4.69) is 36.2 Å². The average Bonchev–Trinajstić information content (AvgIpc) is 2.92. The molecule has 0 N–H and O–H groups in total. The molecule has 0 amide bonds. The van der Waals surface area contributed by atoms with Gasteiger partial charge in [-0.3, -0.25) is 0 Å². The van der Waals surface area contributed by atoms with E-state index in [9.17, 15) is 4.79 Å². The van der Waals surface area contributed by atoms with E-state index < -0.39 is 5.97 Å². The van der Waals surface area contributed by atoms with Crippen LogP contribution in [0.5, 0.6) is 5.75 Å². The van der Waals surface area contributed by atoms with E-state index in [1.165, 1.54) is 16.0 Å². The van der Waals surface area contributed by atoms with Crippen LogP contribution in [0.3, 0.4) is 0 Å². The Morgan fingerprint density at radius 1 is 1.05 bits per heavy atom. The van der Waals surface area contributed by atoms with Crippen LogP contribution in [0.25, 0.3) is 21.6 Å². The van der Waals surface area contributed by atoms with Crippen molar-refractivity contribution < 1.29 is 9.53 Å². The van der Waals surface area contributed by atoms with Gasteiger partial charge < -0.3 is 4.74 Å². The molecule has 0 spiro atoms. The van der Waals surface area contributed by atoms with Crippen molar-refractivity contribution in [3.8, 4) is 27.3 Å². The maximum Gasteiger partial charge on any atom is 0.335 e. The van der Waals surface area contributed by atoms with Gasteiger partial charge in [-0.05, 0) is 34.2 Å². The molecular weight excluding hydrogens is 268 g/mol. The molecule has 0 atom stereocenters. The lowest BCUT2D eigenvalue weighted by Crippen LogP contribution is -2.02. The first-order valence-electron chi connectivity index (χ1n) is 6.19. The van der Waals surface area contributed by atoms with Crippen LogP contribution in [0.15, 0.2) is 66.6 Å². The molecule has 0 unspecified atom stereocenters. The van der Waals surface area contributed by atoms with Gasteiger partial charge in [-0.1, -0.05) is 43.0 Å². The smallest absolute Gasteiger partial charge is 0.335 e. The van der Waals surface area contributed by atoms with E-state index in [0.717, 1.165) is 11.6 Å². The Kier molecular flexibility index (Phi) is 3.35. The summed E-state index contributed by atoms with van der Waals surface area (Å²) >= 11 is 1.72.